The quantitative estimate of drug-likeness (QED) is 0.776. The van der Waals surface area contributed by atoms with Crippen LogP contribution < -0.4 is 11.1 Å². The molecule has 0 heterocycles. The summed E-state index contributed by atoms with van der Waals surface area (Å²) in [6.45, 7) is 2.35. The van der Waals surface area contributed by atoms with Gasteiger partial charge in [-0.3, -0.25) is 0 Å². The number of hydrogen-bond donors (Lipinski definition) is 2. The molecule has 4 saturated carbocycles. The maximum Gasteiger partial charge on any atom is 0.0739 e. The summed E-state index contributed by atoms with van der Waals surface area (Å²) in [5.41, 5.74) is 8.31. The summed E-state index contributed by atoms with van der Waals surface area (Å²) in [4.78, 5) is 0. The third-order valence-corrected chi connectivity index (χ3v) is 6.76. The molecule has 0 saturated heterocycles. The maximum atomic E-state index is 6.15. The number of para-hydroxylation sites is 1. The van der Waals surface area contributed by atoms with E-state index in [9.17, 15) is 0 Å². The van der Waals surface area contributed by atoms with E-state index in [1.54, 1.807) is 0 Å². The van der Waals surface area contributed by atoms with Gasteiger partial charge in [-0.2, -0.15) is 0 Å². The monoisotopic (exact) mass is 304 g/mol. The van der Waals surface area contributed by atoms with Crippen molar-refractivity contribution in [3.05, 3.63) is 23.2 Å². The Morgan fingerprint density at radius 1 is 1.14 bits per heavy atom. The minimum absolute atomic E-state index is 0.478. The van der Waals surface area contributed by atoms with Crippen molar-refractivity contribution in [3.63, 3.8) is 0 Å². The lowest BCUT2D eigenvalue weighted by atomic mass is 9.48. The molecule has 1 atom stereocenters. The van der Waals surface area contributed by atoms with E-state index in [4.69, 9.17) is 17.3 Å². The predicted molar refractivity (Wildman–Crippen MR) is 89.6 cm³/mol. The topological polar surface area (TPSA) is 38.0 Å². The van der Waals surface area contributed by atoms with Crippen LogP contribution in [0.15, 0.2) is 18.2 Å². The summed E-state index contributed by atoms with van der Waals surface area (Å²) < 4.78 is 0. The van der Waals surface area contributed by atoms with Gasteiger partial charge >= 0.3 is 0 Å². The fourth-order valence-corrected chi connectivity index (χ4v) is 5.93. The molecule has 5 rings (SSSR count). The molecule has 1 aromatic rings. The lowest BCUT2D eigenvalue weighted by Gasteiger charge is -2.59. The van der Waals surface area contributed by atoms with E-state index in [0.29, 0.717) is 22.2 Å². The standard InChI is InChI=1S/C18H25ClN2/c1-11(21-16-4-2-3-15(19)17(16)20)18-8-12-5-13(9-18)7-14(6-12)10-18/h2-4,11-14,21H,5-10,20H2,1H3. The second-order valence-corrected chi connectivity index (χ2v) is 8.25. The molecule has 0 aliphatic heterocycles. The van der Waals surface area contributed by atoms with Crippen LogP contribution in [0.2, 0.25) is 5.02 Å². The van der Waals surface area contributed by atoms with Gasteiger partial charge in [0.25, 0.3) is 0 Å². The third-order valence-electron chi connectivity index (χ3n) is 6.43. The number of rotatable bonds is 3. The molecule has 4 aliphatic carbocycles. The highest BCUT2D eigenvalue weighted by Gasteiger charge is 2.53. The summed E-state index contributed by atoms with van der Waals surface area (Å²) in [5, 5.41) is 4.35. The van der Waals surface area contributed by atoms with Crippen molar-refractivity contribution in [1.82, 2.24) is 0 Å². The minimum Gasteiger partial charge on any atom is -0.396 e. The van der Waals surface area contributed by atoms with Crippen molar-refractivity contribution in [1.29, 1.82) is 0 Å². The van der Waals surface area contributed by atoms with E-state index in [1.165, 1.54) is 38.5 Å². The number of nitrogens with two attached hydrogens (primary N) is 1. The smallest absolute Gasteiger partial charge is 0.0739 e. The lowest BCUT2D eigenvalue weighted by molar-refractivity contribution is -0.0602. The third kappa shape index (κ3) is 2.23. The zero-order valence-corrected chi connectivity index (χ0v) is 13.5. The number of hydrogen-bond acceptors (Lipinski definition) is 2. The van der Waals surface area contributed by atoms with Gasteiger partial charge in [0.05, 0.1) is 16.4 Å². The number of halogens is 1. The van der Waals surface area contributed by atoms with Crippen LogP contribution in [-0.2, 0) is 0 Å². The van der Waals surface area contributed by atoms with Crippen molar-refractivity contribution in [3.8, 4) is 0 Å². The first-order valence-electron chi connectivity index (χ1n) is 8.36. The molecule has 4 bridgehead atoms. The molecule has 1 unspecified atom stereocenters. The first kappa shape index (κ1) is 13.8. The van der Waals surface area contributed by atoms with Crippen LogP contribution in [0.5, 0.6) is 0 Å². The molecule has 3 heteroatoms. The van der Waals surface area contributed by atoms with Crippen molar-refractivity contribution >= 4 is 23.0 Å². The summed E-state index contributed by atoms with van der Waals surface area (Å²) in [5.74, 6) is 2.95. The zero-order chi connectivity index (χ0) is 14.6. The van der Waals surface area contributed by atoms with Crippen LogP contribution in [-0.4, -0.2) is 6.04 Å². The molecule has 2 nitrogen and oxygen atoms in total. The van der Waals surface area contributed by atoms with Gasteiger partial charge in [-0.25, -0.2) is 0 Å². The molecule has 114 valence electrons. The van der Waals surface area contributed by atoms with Gasteiger partial charge in [0.2, 0.25) is 0 Å². The van der Waals surface area contributed by atoms with Gasteiger partial charge in [-0.05, 0) is 80.8 Å². The Kier molecular flexibility index (Phi) is 3.15. The Labute approximate surface area is 132 Å². The highest BCUT2D eigenvalue weighted by atomic mass is 35.5. The average molecular weight is 305 g/mol. The molecule has 3 N–H and O–H groups in total. The Morgan fingerprint density at radius 3 is 2.29 bits per heavy atom. The summed E-state index contributed by atoms with van der Waals surface area (Å²) in [6.07, 6.45) is 8.71. The number of nitrogen functional groups attached to an aromatic ring is 1. The van der Waals surface area contributed by atoms with Gasteiger partial charge in [0.15, 0.2) is 0 Å². The molecular weight excluding hydrogens is 280 g/mol. The van der Waals surface area contributed by atoms with Gasteiger partial charge in [-0.1, -0.05) is 17.7 Å². The van der Waals surface area contributed by atoms with Crippen LogP contribution in [0.25, 0.3) is 0 Å². The maximum absolute atomic E-state index is 6.15. The molecule has 1 aromatic carbocycles. The molecule has 4 aliphatic rings. The lowest BCUT2D eigenvalue weighted by Crippen LogP contribution is -2.52. The van der Waals surface area contributed by atoms with Crippen LogP contribution in [0.4, 0.5) is 11.4 Å². The van der Waals surface area contributed by atoms with Gasteiger partial charge in [-0.15, -0.1) is 0 Å². The van der Waals surface area contributed by atoms with E-state index in [1.807, 2.05) is 12.1 Å². The number of nitrogens with one attached hydrogen (secondary N) is 1. The van der Waals surface area contributed by atoms with Gasteiger partial charge < -0.3 is 11.1 Å². The minimum atomic E-state index is 0.478. The molecule has 21 heavy (non-hydrogen) atoms. The van der Waals surface area contributed by atoms with Crippen molar-refractivity contribution < 1.29 is 0 Å². The first-order chi connectivity index (χ1) is 10.1. The molecular formula is C18H25ClN2. The van der Waals surface area contributed by atoms with Crippen molar-refractivity contribution in [2.45, 2.75) is 51.5 Å². The van der Waals surface area contributed by atoms with E-state index in [2.05, 4.69) is 18.3 Å². The van der Waals surface area contributed by atoms with E-state index < -0.39 is 0 Å². The molecule has 0 aromatic heterocycles. The van der Waals surface area contributed by atoms with Gasteiger partial charge in [0.1, 0.15) is 0 Å². The molecule has 0 amide bonds. The SMILES string of the molecule is CC(Nc1cccc(Cl)c1N)C12CC3CC(CC(C3)C1)C2. The Morgan fingerprint density at radius 2 is 1.71 bits per heavy atom. The Hall–Kier alpha value is -0.890. The van der Waals surface area contributed by atoms with Crippen LogP contribution in [0, 0.1) is 23.2 Å². The normalized spacial score (nSPS) is 38.5. The fourth-order valence-electron chi connectivity index (χ4n) is 5.76. The van der Waals surface area contributed by atoms with Crippen LogP contribution in [0.1, 0.15) is 45.4 Å². The second-order valence-electron chi connectivity index (χ2n) is 7.85. The largest absolute Gasteiger partial charge is 0.396 e. The Balaban J connectivity index is 1.57. The first-order valence-corrected chi connectivity index (χ1v) is 8.74. The average Bonchev–Trinajstić information content (AvgIpc) is 2.42. The van der Waals surface area contributed by atoms with Crippen molar-refractivity contribution in [2.75, 3.05) is 11.1 Å². The molecule has 0 spiro atoms. The molecule has 0 radical (unpaired) electrons. The highest BCUT2D eigenvalue weighted by molar-refractivity contribution is 6.33. The van der Waals surface area contributed by atoms with E-state index in [-0.39, 0.29) is 0 Å². The zero-order valence-electron chi connectivity index (χ0n) is 12.7. The van der Waals surface area contributed by atoms with Gasteiger partial charge in [0, 0.05) is 6.04 Å². The van der Waals surface area contributed by atoms with E-state index in [0.717, 1.165) is 23.4 Å². The van der Waals surface area contributed by atoms with Crippen LogP contribution >= 0.6 is 11.6 Å². The highest BCUT2D eigenvalue weighted by Crippen LogP contribution is 2.61. The fraction of sp³-hybridized carbons (Fsp3) is 0.667. The summed E-state index contributed by atoms with van der Waals surface area (Å²) in [7, 11) is 0. The summed E-state index contributed by atoms with van der Waals surface area (Å²) in [6, 6.07) is 6.37. The molecule has 4 fully saturated rings. The number of anilines is 2. The summed E-state index contributed by atoms with van der Waals surface area (Å²) >= 11 is 6.15. The predicted octanol–water partition coefficient (Wildman–Crippen LogP) is 4.94. The van der Waals surface area contributed by atoms with Crippen LogP contribution in [0.3, 0.4) is 0 Å². The Bertz CT molecular complexity index is 519. The number of benzene rings is 1. The van der Waals surface area contributed by atoms with Crippen molar-refractivity contribution in [2.24, 2.45) is 23.2 Å². The van der Waals surface area contributed by atoms with E-state index >= 15 is 0 Å². The second kappa shape index (κ2) is 4.81.